The fourth-order valence-corrected chi connectivity index (χ4v) is 4.45. The molecule has 0 radical (unpaired) electrons. The van der Waals surface area contributed by atoms with Crippen molar-refractivity contribution < 1.29 is 23.4 Å². The zero-order valence-corrected chi connectivity index (χ0v) is 21.3. The van der Waals surface area contributed by atoms with Gasteiger partial charge >= 0.3 is 0 Å². The van der Waals surface area contributed by atoms with Crippen LogP contribution in [0.3, 0.4) is 0 Å². The minimum absolute atomic E-state index is 0.315. The first-order chi connectivity index (χ1) is 18.4. The van der Waals surface area contributed by atoms with E-state index in [0.717, 1.165) is 0 Å². The third-order valence-corrected chi connectivity index (χ3v) is 6.23. The van der Waals surface area contributed by atoms with Gasteiger partial charge in [0.2, 0.25) is 11.7 Å². The molecule has 1 aromatic heterocycles. The second-order valence-corrected chi connectivity index (χ2v) is 8.56. The maximum Gasteiger partial charge on any atom is 0.255 e. The smallest absolute Gasteiger partial charge is 0.255 e. The molecule has 1 unspecified atom stereocenters. The van der Waals surface area contributed by atoms with Crippen LogP contribution in [0.15, 0.2) is 78.0 Å². The van der Waals surface area contributed by atoms with Crippen molar-refractivity contribution in [2.45, 2.75) is 13.0 Å². The summed E-state index contributed by atoms with van der Waals surface area (Å²) in [5.41, 5.74) is 2.97. The highest BCUT2D eigenvalue weighted by molar-refractivity contribution is 6.06. The van der Waals surface area contributed by atoms with E-state index in [0.29, 0.717) is 57.1 Å². The van der Waals surface area contributed by atoms with E-state index in [9.17, 15) is 9.18 Å². The Labute approximate surface area is 218 Å². The fraction of sp³-hybridized carbons (Fsp3) is 0.179. The number of methoxy groups -OCH3 is 3. The summed E-state index contributed by atoms with van der Waals surface area (Å²) in [6.07, 6.45) is 0. The Morgan fingerprint density at radius 2 is 1.63 bits per heavy atom. The Morgan fingerprint density at radius 3 is 2.24 bits per heavy atom. The van der Waals surface area contributed by atoms with Crippen LogP contribution in [0.1, 0.15) is 18.5 Å². The van der Waals surface area contributed by atoms with Crippen LogP contribution < -0.4 is 24.8 Å². The predicted molar refractivity (Wildman–Crippen MR) is 141 cm³/mol. The van der Waals surface area contributed by atoms with Gasteiger partial charge in [0, 0.05) is 16.9 Å². The monoisotopic (exact) mass is 515 g/mol. The predicted octanol–water partition coefficient (Wildman–Crippen LogP) is 5.04. The summed E-state index contributed by atoms with van der Waals surface area (Å²) in [4.78, 5) is 18.4. The molecular formula is C28H26FN5O4. The first kappa shape index (κ1) is 24.8. The summed E-state index contributed by atoms with van der Waals surface area (Å²) >= 11 is 0. The molecule has 1 amide bonds. The van der Waals surface area contributed by atoms with Crippen LogP contribution in [0.25, 0.3) is 11.4 Å². The third-order valence-electron chi connectivity index (χ3n) is 6.23. The minimum atomic E-state index is -0.703. The molecule has 1 atom stereocenters. The summed E-state index contributed by atoms with van der Waals surface area (Å²) < 4.78 is 31.8. The van der Waals surface area contributed by atoms with Crippen molar-refractivity contribution >= 4 is 17.5 Å². The van der Waals surface area contributed by atoms with Crippen LogP contribution in [0, 0.1) is 5.82 Å². The number of carbonyl (C=O) groups is 1. The molecule has 38 heavy (non-hydrogen) atoms. The molecule has 0 aliphatic carbocycles. The lowest BCUT2D eigenvalue weighted by Crippen LogP contribution is -2.31. The summed E-state index contributed by atoms with van der Waals surface area (Å²) in [5.74, 6) is 1.42. The average molecular weight is 516 g/mol. The summed E-state index contributed by atoms with van der Waals surface area (Å²) in [6, 6.07) is 18.0. The van der Waals surface area contributed by atoms with Crippen LogP contribution in [-0.4, -0.2) is 42.0 Å². The van der Waals surface area contributed by atoms with Gasteiger partial charge in [0.25, 0.3) is 5.91 Å². The van der Waals surface area contributed by atoms with Gasteiger partial charge in [0.1, 0.15) is 11.9 Å². The van der Waals surface area contributed by atoms with Gasteiger partial charge in [-0.15, -0.1) is 5.10 Å². The van der Waals surface area contributed by atoms with E-state index in [-0.39, 0.29) is 11.7 Å². The molecule has 194 valence electrons. The number of rotatable bonds is 7. The topological polar surface area (TPSA) is 99.5 Å². The number of fused-ring (bicyclic) bond motifs is 1. The molecular weight excluding hydrogens is 489 g/mol. The number of anilines is 2. The molecule has 10 heteroatoms. The highest BCUT2D eigenvalue weighted by Gasteiger charge is 2.36. The number of amides is 1. The second kappa shape index (κ2) is 10.3. The molecule has 0 fully saturated rings. The van der Waals surface area contributed by atoms with E-state index >= 15 is 0 Å². The Balaban J connectivity index is 1.67. The highest BCUT2D eigenvalue weighted by Crippen LogP contribution is 2.44. The molecule has 1 aliphatic heterocycles. The standard InChI is InChI=1S/C28H26FN5O4/c1-16-23(27(35)31-20-8-6-5-7-9-20)24(18-14-21(36-2)25(38-4)22(15-18)37-3)34-28(30-16)32-26(33-34)17-10-12-19(29)13-11-17/h5-15,24H,1-4H3,(H,31,35)(H,30,32,33). The average Bonchev–Trinajstić information content (AvgIpc) is 3.35. The third kappa shape index (κ3) is 4.52. The SMILES string of the molecule is COc1cc(C2C(C(=O)Nc3ccccc3)=C(C)Nc3nc(-c4ccc(F)cc4)nn32)cc(OC)c1OC. The van der Waals surface area contributed by atoms with Crippen LogP contribution >= 0.6 is 0 Å². The Morgan fingerprint density at radius 1 is 0.974 bits per heavy atom. The van der Waals surface area contributed by atoms with Crippen molar-refractivity contribution in [3.05, 3.63) is 89.4 Å². The van der Waals surface area contributed by atoms with Gasteiger partial charge in [0.15, 0.2) is 17.3 Å². The summed E-state index contributed by atoms with van der Waals surface area (Å²) in [5, 5.41) is 10.9. The van der Waals surface area contributed by atoms with Crippen LogP contribution in [0.2, 0.25) is 0 Å². The van der Waals surface area contributed by atoms with Gasteiger partial charge < -0.3 is 24.8 Å². The van der Waals surface area contributed by atoms with E-state index in [1.165, 1.54) is 33.5 Å². The summed E-state index contributed by atoms with van der Waals surface area (Å²) in [6.45, 7) is 1.81. The lowest BCUT2D eigenvalue weighted by atomic mass is 9.94. The molecule has 1 aliphatic rings. The molecule has 2 heterocycles. The first-order valence-corrected chi connectivity index (χ1v) is 11.8. The number of nitrogens with zero attached hydrogens (tertiary/aromatic N) is 3. The van der Waals surface area contributed by atoms with Crippen LogP contribution in [-0.2, 0) is 4.79 Å². The maximum atomic E-state index is 13.7. The van der Waals surface area contributed by atoms with Gasteiger partial charge in [0.05, 0.1) is 26.9 Å². The quantitative estimate of drug-likeness (QED) is 0.356. The number of hydrogen-bond donors (Lipinski definition) is 2. The van der Waals surface area contributed by atoms with Crippen molar-refractivity contribution in [3.8, 4) is 28.6 Å². The van der Waals surface area contributed by atoms with E-state index in [1.807, 2.05) is 30.3 Å². The Kier molecular flexibility index (Phi) is 6.69. The van der Waals surface area contributed by atoms with Crippen molar-refractivity contribution in [1.82, 2.24) is 14.8 Å². The van der Waals surface area contributed by atoms with Crippen molar-refractivity contribution in [2.75, 3.05) is 32.0 Å². The van der Waals surface area contributed by atoms with Gasteiger partial charge in [-0.05, 0) is 61.0 Å². The number of allylic oxidation sites excluding steroid dienone is 1. The van der Waals surface area contributed by atoms with E-state index in [4.69, 9.17) is 19.3 Å². The number of ether oxygens (including phenoxy) is 3. The van der Waals surface area contributed by atoms with Crippen molar-refractivity contribution in [3.63, 3.8) is 0 Å². The lowest BCUT2D eigenvalue weighted by molar-refractivity contribution is -0.113. The molecule has 0 spiro atoms. The lowest BCUT2D eigenvalue weighted by Gasteiger charge is -2.29. The number of nitrogens with one attached hydrogen (secondary N) is 2. The minimum Gasteiger partial charge on any atom is -0.493 e. The molecule has 3 aromatic carbocycles. The van der Waals surface area contributed by atoms with Gasteiger partial charge in [-0.3, -0.25) is 4.79 Å². The first-order valence-electron chi connectivity index (χ1n) is 11.8. The number of para-hydroxylation sites is 1. The number of hydrogen-bond acceptors (Lipinski definition) is 7. The molecule has 0 saturated carbocycles. The largest absolute Gasteiger partial charge is 0.493 e. The Bertz CT molecular complexity index is 1490. The van der Waals surface area contributed by atoms with E-state index in [1.54, 1.807) is 35.9 Å². The van der Waals surface area contributed by atoms with Crippen molar-refractivity contribution in [1.29, 1.82) is 0 Å². The summed E-state index contributed by atoms with van der Waals surface area (Å²) in [7, 11) is 4.58. The van der Waals surface area contributed by atoms with Gasteiger partial charge in [-0.25, -0.2) is 9.07 Å². The van der Waals surface area contributed by atoms with Gasteiger partial charge in [-0.2, -0.15) is 4.98 Å². The van der Waals surface area contributed by atoms with Crippen LogP contribution in [0.5, 0.6) is 17.2 Å². The molecule has 0 bridgehead atoms. The normalized spacial score (nSPS) is 14.4. The zero-order chi connectivity index (χ0) is 26.8. The number of aromatic nitrogens is 3. The van der Waals surface area contributed by atoms with Gasteiger partial charge in [-0.1, -0.05) is 18.2 Å². The molecule has 4 aromatic rings. The van der Waals surface area contributed by atoms with E-state index < -0.39 is 6.04 Å². The maximum absolute atomic E-state index is 13.7. The number of carbonyl (C=O) groups excluding carboxylic acids is 1. The molecule has 5 rings (SSSR count). The fourth-order valence-electron chi connectivity index (χ4n) is 4.45. The zero-order valence-electron chi connectivity index (χ0n) is 21.3. The van der Waals surface area contributed by atoms with Crippen LogP contribution in [0.4, 0.5) is 16.0 Å². The number of halogens is 1. The van der Waals surface area contributed by atoms with E-state index in [2.05, 4.69) is 15.6 Å². The molecule has 2 N–H and O–H groups in total. The highest BCUT2D eigenvalue weighted by atomic mass is 19.1. The Hall–Kier alpha value is -4.86. The van der Waals surface area contributed by atoms with Crippen molar-refractivity contribution in [2.24, 2.45) is 0 Å². The second-order valence-electron chi connectivity index (χ2n) is 8.56. The number of benzene rings is 3. The molecule has 9 nitrogen and oxygen atoms in total. The molecule has 0 saturated heterocycles.